The van der Waals surface area contributed by atoms with Crippen molar-refractivity contribution >= 4 is 5.91 Å². The average molecular weight is 365 g/mol. The van der Waals surface area contributed by atoms with E-state index >= 15 is 0 Å². The van der Waals surface area contributed by atoms with E-state index in [9.17, 15) is 30.3 Å². The highest BCUT2D eigenvalue weighted by molar-refractivity contribution is 5.76. The lowest BCUT2D eigenvalue weighted by molar-refractivity contribution is -0.295. The van der Waals surface area contributed by atoms with Crippen molar-refractivity contribution in [3.8, 4) is 0 Å². The van der Waals surface area contributed by atoms with Gasteiger partial charge in [0, 0.05) is 6.42 Å². The number of carbonyl (C=O) groups is 1. The molecule has 0 saturated carbocycles. The third-order valence-electron chi connectivity index (χ3n) is 4.30. The number of aliphatic hydroxyl groups is 5. The Balaban J connectivity index is 2.71. The third kappa shape index (κ3) is 6.14. The molecule has 0 aromatic carbocycles. The second-order valence-corrected chi connectivity index (χ2v) is 6.40. The number of carbonyl (C=O) groups excluding carboxylic acids is 1. The first-order valence-electron chi connectivity index (χ1n) is 8.69. The second kappa shape index (κ2) is 10.4. The van der Waals surface area contributed by atoms with Crippen LogP contribution in [0.4, 0.5) is 0 Å². The van der Waals surface area contributed by atoms with Gasteiger partial charge in [-0.3, -0.25) is 4.79 Å². The zero-order chi connectivity index (χ0) is 19.1. The molecule has 25 heavy (non-hydrogen) atoms. The highest BCUT2D eigenvalue weighted by Gasteiger charge is 2.43. The maximum absolute atomic E-state index is 11.8. The standard InChI is InChI=1S/C16H31NO8/c1-4-6-11(19)17-9(13(21)10(18)5-2)7-24-16-15(23)14(22)12(20)8(3)25-16/h8-10,12-16,18,20-23H,4-7H2,1-3H3,(H,17,19)/t8?,9-,10+,12?,13-,14?,15?,16?/m0/s1. The minimum atomic E-state index is -1.48. The van der Waals surface area contributed by atoms with Crippen molar-refractivity contribution in [1.29, 1.82) is 0 Å². The summed E-state index contributed by atoms with van der Waals surface area (Å²) in [4.78, 5) is 11.8. The lowest BCUT2D eigenvalue weighted by Gasteiger charge is -2.39. The van der Waals surface area contributed by atoms with Gasteiger partial charge in [0.25, 0.3) is 0 Å². The molecule has 148 valence electrons. The van der Waals surface area contributed by atoms with Crippen LogP contribution >= 0.6 is 0 Å². The molecule has 1 heterocycles. The van der Waals surface area contributed by atoms with Crippen molar-refractivity contribution in [3.63, 3.8) is 0 Å². The Morgan fingerprint density at radius 1 is 1.16 bits per heavy atom. The van der Waals surface area contributed by atoms with Crippen molar-refractivity contribution in [2.24, 2.45) is 0 Å². The zero-order valence-corrected chi connectivity index (χ0v) is 14.9. The summed E-state index contributed by atoms with van der Waals surface area (Å²) in [6.45, 7) is 4.80. The summed E-state index contributed by atoms with van der Waals surface area (Å²) >= 11 is 0. The molecule has 9 nitrogen and oxygen atoms in total. The normalized spacial score (nSPS) is 33.5. The molecule has 0 aromatic heterocycles. The molecule has 0 spiro atoms. The zero-order valence-electron chi connectivity index (χ0n) is 14.9. The van der Waals surface area contributed by atoms with Gasteiger partial charge < -0.3 is 40.3 Å². The molecule has 1 amide bonds. The van der Waals surface area contributed by atoms with Crippen LogP contribution in [0.15, 0.2) is 0 Å². The van der Waals surface area contributed by atoms with Crippen molar-refractivity contribution in [2.45, 2.75) is 89.0 Å². The van der Waals surface area contributed by atoms with Crippen LogP contribution in [0.5, 0.6) is 0 Å². The van der Waals surface area contributed by atoms with Crippen LogP contribution in [0.2, 0.25) is 0 Å². The maximum atomic E-state index is 11.8. The summed E-state index contributed by atoms with van der Waals surface area (Å²) in [5.41, 5.74) is 0. The number of nitrogens with one attached hydrogen (secondary N) is 1. The van der Waals surface area contributed by atoms with Crippen molar-refractivity contribution in [1.82, 2.24) is 5.32 Å². The SMILES string of the molecule is CCCC(=O)N[C@@H](COC1OC(C)C(O)C(O)C1O)[C@H](O)[C@H](O)CC. The van der Waals surface area contributed by atoms with Crippen LogP contribution in [-0.2, 0) is 14.3 Å². The molecule has 0 radical (unpaired) electrons. The molecule has 9 heteroatoms. The van der Waals surface area contributed by atoms with Crippen LogP contribution < -0.4 is 5.32 Å². The molecule has 1 saturated heterocycles. The minimum Gasteiger partial charge on any atom is -0.390 e. The lowest BCUT2D eigenvalue weighted by Crippen LogP contribution is -2.58. The Bertz CT molecular complexity index is 410. The van der Waals surface area contributed by atoms with E-state index in [1.807, 2.05) is 6.92 Å². The molecule has 8 atom stereocenters. The van der Waals surface area contributed by atoms with Gasteiger partial charge in [0.05, 0.1) is 24.9 Å². The number of ether oxygens (including phenoxy) is 2. The van der Waals surface area contributed by atoms with E-state index < -0.39 is 49.0 Å². The number of amides is 1. The number of rotatable bonds is 9. The molecule has 5 unspecified atom stereocenters. The van der Waals surface area contributed by atoms with Crippen LogP contribution in [-0.4, -0.2) is 87.0 Å². The van der Waals surface area contributed by atoms with Gasteiger partial charge in [0.2, 0.25) is 5.91 Å². The largest absolute Gasteiger partial charge is 0.390 e. The monoisotopic (exact) mass is 365 g/mol. The number of hydrogen-bond acceptors (Lipinski definition) is 8. The Labute approximate surface area is 147 Å². The Morgan fingerprint density at radius 2 is 1.80 bits per heavy atom. The Morgan fingerprint density at radius 3 is 2.36 bits per heavy atom. The van der Waals surface area contributed by atoms with Gasteiger partial charge in [-0.05, 0) is 19.8 Å². The van der Waals surface area contributed by atoms with Gasteiger partial charge >= 0.3 is 0 Å². The summed E-state index contributed by atoms with van der Waals surface area (Å²) in [6, 6.07) is -0.913. The van der Waals surface area contributed by atoms with Crippen LogP contribution in [0.3, 0.4) is 0 Å². The van der Waals surface area contributed by atoms with Crippen molar-refractivity contribution in [3.05, 3.63) is 0 Å². The van der Waals surface area contributed by atoms with Crippen molar-refractivity contribution in [2.75, 3.05) is 6.61 Å². The van der Waals surface area contributed by atoms with Gasteiger partial charge in [-0.1, -0.05) is 13.8 Å². The van der Waals surface area contributed by atoms with Gasteiger partial charge in [-0.2, -0.15) is 0 Å². The third-order valence-corrected chi connectivity index (χ3v) is 4.30. The molecule has 1 aliphatic heterocycles. The molecule has 0 aromatic rings. The predicted molar refractivity (Wildman–Crippen MR) is 87.5 cm³/mol. The molecule has 1 fully saturated rings. The summed E-state index contributed by atoms with van der Waals surface area (Å²) in [7, 11) is 0. The molecular weight excluding hydrogens is 334 g/mol. The Kier molecular flexibility index (Phi) is 9.22. The molecule has 0 aliphatic carbocycles. The summed E-state index contributed by atoms with van der Waals surface area (Å²) in [5.74, 6) is -0.299. The van der Waals surface area contributed by atoms with E-state index in [-0.39, 0.29) is 25.4 Å². The van der Waals surface area contributed by atoms with Crippen LogP contribution in [0.1, 0.15) is 40.0 Å². The summed E-state index contributed by atoms with van der Waals surface area (Å²) in [5, 5.41) is 52.0. The molecular formula is C16H31NO8. The highest BCUT2D eigenvalue weighted by atomic mass is 16.7. The fourth-order valence-corrected chi connectivity index (χ4v) is 2.59. The van der Waals surface area contributed by atoms with Crippen molar-refractivity contribution < 1.29 is 39.8 Å². The van der Waals surface area contributed by atoms with E-state index in [1.54, 1.807) is 6.92 Å². The van der Waals surface area contributed by atoms with E-state index in [2.05, 4.69) is 5.32 Å². The quantitative estimate of drug-likeness (QED) is 0.282. The van der Waals surface area contributed by atoms with Gasteiger partial charge in [0.1, 0.15) is 24.4 Å². The second-order valence-electron chi connectivity index (χ2n) is 6.40. The van der Waals surface area contributed by atoms with Gasteiger partial charge in [-0.15, -0.1) is 0 Å². The first kappa shape index (κ1) is 22.2. The first-order chi connectivity index (χ1) is 11.7. The van der Waals surface area contributed by atoms with E-state index in [1.165, 1.54) is 6.92 Å². The number of aliphatic hydroxyl groups excluding tert-OH is 5. The fraction of sp³-hybridized carbons (Fsp3) is 0.938. The predicted octanol–water partition coefficient (Wildman–Crippen LogP) is -1.75. The summed E-state index contributed by atoms with van der Waals surface area (Å²) < 4.78 is 10.7. The Hall–Kier alpha value is -0.810. The number of hydrogen-bond donors (Lipinski definition) is 6. The van der Waals surface area contributed by atoms with Gasteiger partial charge in [-0.25, -0.2) is 0 Å². The minimum absolute atomic E-state index is 0.245. The van der Waals surface area contributed by atoms with E-state index in [0.29, 0.717) is 6.42 Å². The highest BCUT2D eigenvalue weighted by Crippen LogP contribution is 2.22. The van der Waals surface area contributed by atoms with Gasteiger partial charge in [0.15, 0.2) is 6.29 Å². The smallest absolute Gasteiger partial charge is 0.220 e. The first-order valence-corrected chi connectivity index (χ1v) is 8.69. The fourth-order valence-electron chi connectivity index (χ4n) is 2.59. The molecule has 1 rings (SSSR count). The van der Waals surface area contributed by atoms with E-state index in [4.69, 9.17) is 9.47 Å². The average Bonchev–Trinajstić information content (AvgIpc) is 2.59. The topological polar surface area (TPSA) is 149 Å². The van der Waals surface area contributed by atoms with Crippen LogP contribution in [0, 0.1) is 0 Å². The van der Waals surface area contributed by atoms with Crippen LogP contribution in [0.25, 0.3) is 0 Å². The molecule has 6 N–H and O–H groups in total. The summed E-state index contributed by atoms with van der Waals surface area (Å²) in [6.07, 6.45) is -7.31. The maximum Gasteiger partial charge on any atom is 0.220 e. The van der Waals surface area contributed by atoms with E-state index in [0.717, 1.165) is 0 Å². The lowest BCUT2D eigenvalue weighted by atomic mass is 10.00. The molecule has 0 bridgehead atoms. The molecule has 1 aliphatic rings.